The lowest BCUT2D eigenvalue weighted by Gasteiger charge is -2.30. The second-order valence-electron chi connectivity index (χ2n) is 20.1. The lowest BCUT2D eigenvalue weighted by Crippen LogP contribution is -2.60. The van der Waals surface area contributed by atoms with Crippen LogP contribution in [0.2, 0.25) is 0 Å². The molecule has 23 nitrogen and oxygen atoms in total. The van der Waals surface area contributed by atoms with Crippen molar-refractivity contribution in [3.63, 3.8) is 0 Å². The molecule has 0 saturated carbocycles. The van der Waals surface area contributed by atoms with Gasteiger partial charge in [0, 0.05) is 33.0 Å². The number of amides is 7. The van der Waals surface area contributed by atoms with Gasteiger partial charge < -0.3 is 68.3 Å². The van der Waals surface area contributed by atoms with Crippen LogP contribution in [-0.2, 0) is 54.3 Å². The number of guanidine groups is 1. The maximum atomic E-state index is 14.5. The zero-order chi connectivity index (χ0) is 56.7. The Morgan fingerprint density at radius 3 is 1.85 bits per heavy atom. The third-order valence-corrected chi connectivity index (χ3v) is 12.9. The summed E-state index contributed by atoms with van der Waals surface area (Å²) in [5, 5.41) is 46.4. The highest BCUT2D eigenvalue weighted by atomic mass is 16.5. The molecule has 13 N–H and O–H groups in total. The molecule has 1 aliphatic heterocycles. The van der Waals surface area contributed by atoms with Crippen LogP contribution < -0.4 is 43.4 Å². The molecule has 0 aromatic heterocycles. The van der Waals surface area contributed by atoms with Crippen LogP contribution in [0.5, 0.6) is 0 Å². The number of rotatable bonds is 18. The number of nitrogens with one attached hydrogen (secondary N) is 6. The number of hydrogen-bond acceptors (Lipinski definition) is 12. The summed E-state index contributed by atoms with van der Waals surface area (Å²) >= 11 is 0. The van der Waals surface area contributed by atoms with Crippen LogP contribution in [0.15, 0.2) is 59.1 Å². The number of nitrogens with zero attached hydrogens (tertiary/aromatic N) is 2. The lowest BCUT2D eigenvalue weighted by atomic mass is 9.94. The molecule has 1 aliphatic rings. The molecular formula is C52H82N10O13. The van der Waals surface area contributed by atoms with Gasteiger partial charge in [-0.25, -0.2) is 9.59 Å². The number of carbonyl (C=O) groups is 9. The number of carbonyl (C=O) groups excluding carboxylic acids is 7. The van der Waals surface area contributed by atoms with Crippen LogP contribution in [-0.4, -0.2) is 155 Å². The van der Waals surface area contributed by atoms with Crippen LogP contribution in [0, 0.1) is 29.6 Å². The maximum absolute atomic E-state index is 14.5. The average Bonchev–Trinajstić information content (AvgIpc) is 3.34. The SMILES string of the molecule is CO[C@@H](Cc1ccccc1)[C@@H](C)/C=C(C)/C=C/C1NC(=O)[C@H](CCCN=C(N)N)NC(=O)[C@@H](C)[C@H](C(=O)O)NC(=O)[C@H](CC(C)C)NC(=O)C(CC(C)C)NC(=O)[C@H](CO)N(C)C(=O)CCC(C(=O)O)NC(=O)[C@H]1C. The van der Waals surface area contributed by atoms with Crippen LogP contribution in [0.4, 0.5) is 0 Å². The van der Waals surface area contributed by atoms with Crippen molar-refractivity contribution in [1.82, 2.24) is 36.8 Å². The Hall–Kier alpha value is -6.88. The van der Waals surface area contributed by atoms with Crippen molar-refractivity contribution in [3.8, 4) is 0 Å². The van der Waals surface area contributed by atoms with Crippen LogP contribution >= 0.6 is 0 Å². The summed E-state index contributed by atoms with van der Waals surface area (Å²) in [7, 11) is 2.81. The zero-order valence-electron chi connectivity index (χ0n) is 45.0. The minimum Gasteiger partial charge on any atom is -0.480 e. The number of ether oxygens (including phenoxy) is 1. The molecule has 1 aromatic rings. The van der Waals surface area contributed by atoms with Gasteiger partial charge in [0.2, 0.25) is 41.4 Å². The highest BCUT2D eigenvalue weighted by Crippen LogP contribution is 2.19. The number of allylic oxidation sites excluding steroid dienone is 2. The molecule has 23 heteroatoms. The predicted octanol–water partition coefficient (Wildman–Crippen LogP) is 0.492. The first kappa shape index (κ1) is 64.2. The van der Waals surface area contributed by atoms with Gasteiger partial charge in [-0.2, -0.15) is 0 Å². The lowest BCUT2D eigenvalue weighted by molar-refractivity contribution is -0.146. The molecule has 0 bridgehead atoms. The normalized spacial score (nSPS) is 25.7. The molecule has 418 valence electrons. The summed E-state index contributed by atoms with van der Waals surface area (Å²) in [5.74, 6) is -13.0. The highest BCUT2D eigenvalue weighted by molar-refractivity contribution is 5.97. The van der Waals surface area contributed by atoms with Gasteiger partial charge in [-0.05, 0) is 62.8 Å². The molecule has 0 aliphatic carbocycles. The standard InChI is InChI=1S/C52H82N10O13/c1-28(2)23-38-47(68)59-39(24-29(3)4)48(69)61-43(51(73)74)33(8)45(66)57-36(17-14-22-55-52(53)54)46(67)56-35(19-18-30(5)25-31(6)41(75-10)26-34-15-12-11-13-16-34)32(7)44(65)58-37(50(71)72)20-21-42(64)62(9)40(27-63)49(70)60-38/h11-13,15-16,18-19,25,28-29,31-33,35-41,43,63H,14,17,20-24,26-27H2,1-10H3,(H,56,67)(H,57,66)(H,58,65)(H,59,68)(H,60,70)(H,61,69)(H,71,72)(H,73,74)(H4,53,54,55)/b19-18+,30-25+/t31-,32-,33-,35?,36-,37?,38?,39-,40-,41-,43+/m0/s1. The monoisotopic (exact) mass is 1050 g/mol. The molecule has 1 heterocycles. The maximum Gasteiger partial charge on any atom is 0.327 e. The van der Waals surface area contributed by atoms with E-state index in [0.29, 0.717) is 12.0 Å². The van der Waals surface area contributed by atoms with Crippen molar-refractivity contribution >= 4 is 59.2 Å². The summed E-state index contributed by atoms with van der Waals surface area (Å²) in [4.78, 5) is 128. The number of aliphatic imine (C=N–C) groups is 1. The average molecular weight is 1060 g/mol. The summed E-state index contributed by atoms with van der Waals surface area (Å²) in [6.45, 7) is 12.5. The molecule has 3 unspecified atom stereocenters. The largest absolute Gasteiger partial charge is 0.480 e. The first-order valence-corrected chi connectivity index (χ1v) is 25.3. The smallest absolute Gasteiger partial charge is 0.327 e. The fourth-order valence-corrected chi connectivity index (χ4v) is 8.32. The number of aliphatic carboxylic acids is 2. The quantitative estimate of drug-likeness (QED) is 0.0413. The first-order chi connectivity index (χ1) is 35.2. The van der Waals surface area contributed by atoms with E-state index >= 15 is 0 Å². The summed E-state index contributed by atoms with van der Waals surface area (Å²) in [6, 6.07) is -0.715. The number of likely N-dealkylation sites (N-methyl/N-ethyl adjacent to an activating group) is 1. The second-order valence-corrected chi connectivity index (χ2v) is 20.1. The third-order valence-electron chi connectivity index (χ3n) is 12.9. The van der Waals surface area contributed by atoms with Crippen molar-refractivity contribution in [2.75, 3.05) is 27.3 Å². The van der Waals surface area contributed by atoms with Gasteiger partial charge in [0.1, 0.15) is 36.3 Å². The minimum absolute atomic E-state index is 0.0135. The van der Waals surface area contributed by atoms with Gasteiger partial charge in [-0.15, -0.1) is 0 Å². The van der Waals surface area contributed by atoms with E-state index in [1.165, 1.54) is 27.0 Å². The molecule has 11 atom stereocenters. The Labute approximate surface area is 439 Å². The minimum atomic E-state index is -1.91. The number of aliphatic hydroxyl groups is 1. The van der Waals surface area contributed by atoms with E-state index in [9.17, 15) is 58.5 Å². The Morgan fingerprint density at radius 2 is 1.32 bits per heavy atom. The molecule has 1 aromatic carbocycles. The van der Waals surface area contributed by atoms with Gasteiger partial charge in [-0.3, -0.25) is 38.6 Å². The first-order valence-electron chi connectivity index (χ1n) is 25.3. The summed E-state index contributed by atoms with van der Waals surface area (Å²) in [6.07, 6.45) is 4.51. The predicted molar refractivity (Wildman–Crippen MR) is 280 cm³/mol. The van der Waals surface area contributed by atoms with Gasteiger partial charge in [0.15, 0.2) is 5.96 Å². The van der Waals surface area contributed by atoms with Gasteiger partial charge >= 0.3 is 11.9 Å². The van der Waals surface area contributed by atoms with Crippen molar-refractivity contribution in [2.45, 2.75) is 149 Å². The zero-order valence-corrected chi connectivity index (χ0v) is 45.0. The number of aliphatic hydroxyl groups excluding tert-OH is 1. The number of nitrogens with two attached hydrogens (primary N) is 2. The van der Waals surface area contributed by atoms with E-state index in [-0.39, 0.29) is 62.0 Å². The molecule has 0 spiro atoms. The van der Waals surface area contributed by atoms with Crippen LogP contribution in [0.25, 0.3) is 0 Å². The third kappa shape index (κ3) is 21.9. The summed E-state index contributed by atoms with van der Waals surface area (Å²) < 4.78 is 5.82. The number of methoxy groups -OCH3 is 1. The molecule has 2 rings (SSSR count). The van der Waals surface area contributed by atoms with Crippen molar-refractivity contribution in [3.05, 3.63) is 59.7 Å². The van der Waals surface area contributed by atoms with Crippen molar-refractivity contribution in [2.24, 2.45) is 46.0 Å². The fraction of sp³-hybridized carbons (Fsp3) is 0.615. The molecule has 1 fully saturated rings. The van der Waals surface area contributed by atoms with Gasteiger partial charge in [-0.1, -0.05) is 103 Å². The van der Waals surface area contributed by atoms with Crippen molar-refractivity contribution in [1.29, 1.82) is 0 Å². The number of hydrogen-bond donors (Lipinski definition) is 11. The number of benzene rings is 1. The van der Waals surface area contributed by atoms with E-state index in [0.717, 1.165) is 10.5 Å². The van der Waals surface area contributed by atoms with Crippen LogP contribution in [0.3, 0.4) is 0 Å². The topological polar surface area (TPSA) is 363 Å². The Kier molecular flexibility index (Phi) is 27.2. The van der Waals surface area contributed by atoms with E-state index < -0.39 is 127 Å². The van der Waals surface area contributed by atoms with E-state index in [1.54, 1.807) is 47.8 Å². The molecule has 0 radical (unpaired) electrons. The second kappa shape index (κ2) is 31.8. The molecular weight excluding hydrogens is 973 g/mol. The molecule has 1 saturated heterocycles. The van der Waals surface area contributed by atoms with Crippen molar-refractivity contribution < 1.29 is 63.2 Å². The van der Waals surface area contributed by atoms with Gasteiger partial charge in [0.05, 0.1) is 30.6 Å². The van der Waals surface area contributed by atoms with Gasteiger partial charge in [0.25, 0.3) is 0 Å². The molecule has 7 amide bonds. The Morgan fingerprint density at radius 1 is 0.773 bits per heavy atom. The molecule has 75 heavy (non-hydrogen) atoms. The van der Waals surface area contributed by atoms with E-state index in [1.807, 2.05) is 43.3 Å². The highest BCUT2D eigenvalue weighted by Gasteiger charge is 2.38. The Balaban J connectivity index is 2.80. The fourth-order valence-electron chi connectivity index (χ4n) is 8.32. The van der Waals surface area contributed by atoms with E-state index in [4.69, 9.17) is 16.2 Å². The van der Waals surface area contributed by atoms with E-state index in [2.05, 4.69) is 36.9 Å². The number of carboxylic acids is 2. The number of carboxylic acid groups (broad SMARTS) is 2. The summed E-state index contributed by atoms with van der Waals surface area (Å²) in [5.41, 5.74) is 12.8. The Bertz CT molecular complexity index is 2200. The van der Waals surface area contributed by atoms with Crippen LogP contribution in [0.1, 0.15) is 99.5 Å².